The van der Waals surface area contributed by atoms with Crippen LogP contribution >= 0.6 is 0 Å². The van der Waals surface area contributed by atoms with E-state index in [2.05, 4.69) is 34.7 Å². The van der Waals surface area contributed by atoms with Gasteiger partial charge in [-0.05, 0) is 48.4 Å². The smallest absolute Gasteiger partial charge is 0.338 e. The highest BCUT2D eigenvalue weighted by Gasteiger charge is 2.22. The van der Waals surface area contributed by atoms with Gasteiger partial charge in [0, 0.05) is 16.5 Å². The molecular formula is C30H22N2O2. The Bertz CT molecular complexity index is 1670. The minimum atomic E-state index is -0.319. The molecule has 6 aromatic rings. The fourth-order valence-electron chi connectivity index (χ4n) is 4.74. The Morgan fingerprint density at radius 1 is 0.765 bits per heavy atom. The maximum atomic E-state index is 12.7. The number of ether oxygens (including phenoxy) is 1. The number of hydrogen-bond donors (Lipinski definition) is 0. The third kappa shape index (κ3) is 3.15. The lowest BCUT2D eigenvalue weighted by molar-refractivity contribution is 0.0526. The van der Waals surface area contributed by atoms with Crippen LogP contribution in [0.25, 0.3) is 49.8 Å². The number of carbonyl (C=O) groups is 1. The molecule has 2 heterocycles. The molecular weight excluding hydrogens is 420 g/mol. The second kappa shape index (κ2) is 8.16. The highest BCUT2D eigenvalue weighted by Crippen LogP contribution is 2.42. The van der Waals surface area contributed by atoms with Gasteiger partial charge in [0.2, 0.25) is 0 Å². The molecule has 0 amide bonds. The topological polar surface area (TPSA) is 43.6 Å². The van der Waals surface area contributed by atoms with E-state index >= 15 is 0 Å². The number of rotatable bonds is 4. The number of hydrogen-bond acceptors (Lipinski definition) is 3. The van der Waals surface area contributed by atoms with Crippen LogP contribution in [0.5, 0.6) is 0 Å². The SMILES string of the molecule is CCOC(=O)c1ccc2c(c1)c(-c1ccccc1)c(-c1ccccc1)c1nc3ccccc3n12. The van der Waals surface area contributed by atoms with E-state index in [1.54, 1.807) is 0 Å². The highest BCUT2D eigenvalue weighted by molar-refractivity contribution is 6.11. The van der Waals surface area contributed by atoms with Crippen molar-refractivity contribution < 1.29 is 9.53 Å². The van der Waals surface area contributed by atoms with Crippen LogP contribution < -0.4 is 0 Å². The summed E-state index contributed by atoms with van der Waals surface area (Å²) in [6, 6.07) is 34.6. The van der Waals surface area contributed by atoms with E-state index < -0.39 is 0 Å². The first-order valence-corrected chi connectivity index (χ1v) is 11.4. The van der Waals surface area contributed by atoms with E-state index in [0.29, 0.717) is 12.2 Å². The summed E-state index contributed by atoms with van der Waals surface area (Å²) >= 11 is 0. The molecule has 2 aromatic heterocycles. The van der Waals surface area contributed by atoms with Gasteiger partial charge in [-0.1, -0.05) is 72.8 Å². The Balaban J connectivity index is 1.86. The minimum Gasteiger partial charge on any atom is -0.462 e. The molecule has 0 N–H and O–H groups in total. The first kappa shape index (κ1) is 20.2. The second-order valence-electron chi connectivity index (χ2n) is 8.19. The number of nitrogens with zero attached hydrogens (tertiary/aromatic N) is 2. The first-order chi connectivity index (χ1) is 16.8. The van der Waals surface area contributed by atoms with Crippen molar-refractivity contribution in [3.8, 4) is 22.3 Å². The average Bonchev–Trinajstić information content (AvgIpc) is 3.28. The van der Waals surface area contributed by atoms with Gasteiger partial charge >= 0.3 is 5.97 Å². The lowest BCUT2D eigenvalue weighted by Gasteiger charge is -2.17. The Morgan fingerprint density at radius 3 is 2.12 bits per heavy atom. The summed E-state index contributed by atoms with van der Waals surface area (Å²) in [6.07, 6.45) is 0. The monoisotopic (exact) mass is 442 g/mol. The number of esters is 1. The fraction of sp³-hybridized carbons (Fsp3) is 0.0667. The van der Waals surface area contributed by atoms with E-state index in [-0.39, 0.29) is 5.97 Å². The van der Waals surface area contributed by atoms with Gasteiger partial charge in [0.1, 0.15) is 5.65 Å². The van der Waals surface area contributed by atoms with Crippen molar-refractivity contribution in [2.45, 2.75) is 6.92 Å². The van der Waals surface area contributed by atoms with Crippen LogP contribution in [0, 0.1) is 0 Å². The molecule has 0 unspecified atom stereocenters. The molecule has 0 aliphatic heterocycles. The van der Waals surface area contributed by atoms with E-state index in [1.165, 1.54) is 0 Å². The van der Waals surface area contributed by atoms with E-state index in [1.807, 2.05) is 79.7 Å². The third-order valence-electron chi connectivity index (χ3n) is 6.18. The zero-order valence-corrected chi connectivity index (χ0v) is 18.7. The third-order valence-corrected chi connectivity index (χ3v) is 6.18. The molecule has 4 nitrogen and oxygen atoms in total. The van der Waals surface area contributed by atoms with Gasteiger partial charge in [-0.3, -0.25) is 4.40 Å². The lowest BCUT2D eigenvalue weighted by Crippen LogP contribution is -2.05. The summed E-state index contributed by atoms with van der Waals surface area (Å²) < 4.78 is 7.52. The number of carbonyl (C=O) groups excluding carboxylic acids is 1. The number of para-hydroxylation sites is 2. The average molecular weight is 443 g/mol. The van der Waals surface area contributed by atoms with E-state index in [4.69, 9.17) is 9.72 Å². The highest BCUT2D eigenvalue weighted by atomic mass is 16.5. The van der Waals surface area contributed by atoms with Crippen molar-refractivity contribution in [2.24, 2.45) is 0 Å². The summed E-state index contributed by atoms with van der Waals surface area (Å²) in [5, 5.41) is 0.978. The van der Waals surface area contributed by atoms with Gasteiger partial charge in [-0.2, -0.15) is 0 Å². The van der Waals surface area contributed by atoms with Gasteiger partial charge in [0.25, 0.3) is 0 Å². The molecule has 4 aromatic carbocycles. The van der Waals surface area contributed by atoms with Crippen LogP contribution in [0.4, 0.5) is 0 Å². The molecule has 0 bridgehead atoms. The van der Waals surface area contributed by atoms with Gasteiger partial charge < -0.3 is 4.74 Å². The van der Waals surface area contributed by atoms with Crippen molar-refractivity contribution in [1.82, 2.24) is 9.38 Å². The van der Waals surface area contributed by atoms with Crippen molar-refractivity contribution in [3.05, 3.63) is 109 Å². The minimum absolute atomic E-state index is 0.319. The zero-order chi connectivity index (χ0) is 23.1. The van der Waals surface area contributed by atoms with Gasteiger partial charge in [0.15, 0.2) is 0 Å². The lowest BCUT2D eigenvalue weighted by atomic mass is 9.91. The Morgan fingerprint density at radius 2 is 1.41 bits per heavy atom. The standard InChI is InChI=1S/C30H22N2O2/c1-2-34-30(33)22-17-18-25-23(19-22)27(20-11-5-3-6-12-20)28(21-13-7-4-8-14-21)29-31-24-15-9-10-16-26(24)32(25)29/h3-19H,2H2,1H3. The molecule has 0 saturated carbocycles. The largest absolute Gasteiger partial charge is 0.462 e. The van der Waals surface area contributed by atoms with Crippen LogP contribution in [0.15, 0.2) is 103 Å². The van der Waals surface area contributed by atoms with Gasteiger partial charge in [0.05, 0.1) is 28.7 Å². The molecule has 6 rings (SSSR count). The summed E-state index contributed by atoms with van der Waals surface area (Å²) in [4.78, 5) is 17.8. The Hall–Kier alpha value is -4.44. The molecule has 0 aliphatic carbocycles. The van der Waals surface area contributed by atoms with Crippen molar-refractivity contribution >= 4 is 33.6 Å². The zero-order valence-electron chi connectivity index (χ0n) is 18.7. The van der Waals surface area contributed by atoms with Gasteiger partial charge in [-0.15, -0.1) is 0 Å². The molecule has 164 valence electrons. The summed E-state index contributed by atoms with van der Waals surface area (Å²) in [6.45, 7) is 2.16. The maximum Gasteiger partial charge on any atom is 0.338 e. The van der Waals surface area contributed by atoms with Crippen LogP contribution in [0.2, 0.25) is 0 Å². The van der Waals surface area contributed by atoms with E-state index in [9.17, 15) is 4.79 Å². The summed E-state index contributed by atoms with van der Waals surface area (Å²) in [5.74, 6) is -0.319. The molecule has 4 heteroatoms. The number of aromatic nitrogens is 2. The molecule has 0 saturated heterocycles. The number of fused-ring (bicyclic) bond motifs is 5. The first-order valence-electron chi connectivity index (χ1n) is 11.4. The maximum absolute atomic E-state index is 12.7. The van der Waals surface area contributed by atoms with Crippen LogP contribution in [0.1, 0.15) is 17.3 Å². The molecule has 0 fully saturated rings. The fourth-order valence-corrected chi connectivity index (χ4v) is 4.74. The van der Waals surface area contributed by atoms with Gasteiger partial charge in [-0.25, -0.2) is 9.78 Å². The number of imidazole rings is 1. The Kier molecular flexibility index (Phi) is 4.84. The molecule has 34 heavy (non-hydrogen) atoms. The van der Waals surface area contributed by atoms with Crippen LogP contribution in [-0.4, -0.2) is 22.0 Å². The van der Waals surface area contributed by atoms with Crippen LogP contribution in [0.3, 0.4) is 0 Å². The normalized spacial score (nSPS) is 11.3. The molecule has 0 aliphatic rings. The second-order valence-corrected chi connectivity index (χ2v) is 8.19. The predicted molar refractivity (Wildman–Crippen MR) is 137 cm³/mol. The van der Waals surface area contributed by atoms with Crippen molar-refractivity contribution in [3.63, 3.8) is 0 Å². The Labute approximate surface area is 197 Å². The quantitative estimate of drug-likeness (QED) is 0.272. The molecule has 0 atom stereocenters. The molecule has 0 spiro atoms. The van der Waals surface area contributed by atoms with Crippen molar-refractivity contribution in [1.29, 1.82) is 0 Å². The van der Waals surface area contributed by atoms with Crippen molar-refractivity contribution in [2.75, 3.05) is 6.61 Å². The summed E-state index contributed by atoms with van der Waals surface area (Å²) in [5.41, 5.74) is 8.62. The molecule has 0 radical (unpaired) electrons. The summed E-state index contributed by atoms with van der Waals surface area (Å²) in [7, 11) is 0. The van der Waals surface area contributed by atoms with E-state index in [0.717, 1.165) is 49.8 Å². The number of benzene rings is 4. The number of pyridine rings is 1. The predicted octanol–water partition coefficient (Wildman–Crippen LogP) is 7.15. The van der Waals surface area contributed by atoms with Crippen LogP contribution in [-0.2, 0) is 4.74 Å².